The summed E-state index contributed by atoms with van der Waals surface area (Å²) in [5.41, 5.74) is 7.97. The predicted octanol–water partition coefficient (Wildman–Crippen LogP) is 2.16. The van der Waals surface area contributed by atoms with E-state index in [0.717, 1.165) is 18.4 Å². The van der Waals surface area contributed by atoms with Crippen molar-refractivity contribution in [2.45, 2.75) is 18.4 Å². The molecule has 1 aromatic carbocycles. The Hall–Kier alpha value is -1.68. The van der Waals surface area contributed by atoms with E-state index in [1.807, 2.05) is 0 Å². The molecule has 0 amide bonds. The van der Waals surface area contributed by atoms with E-state index in [9.17, 15) is 4.39 Å². The molecule has 1 fully saturated rings. The van der Waals surface area contributed by atoms with Gasteiger partial charge >= 0.3 is 0 Å². The highest BCUT2D eigenvalue weighted by molar-refractivity contribution is 5.65. The van der Waals surface area contributed by atoms with E-state index in [-0.39, 0.29) is 11.4 Å². The summed E-state index contributed by atoms with van der Waals surface area (Å²) < 4.78 is 13.7. The molecule has 1 aliphatic rings. The number of hydrogen-bond acceptors (Lipinski definition) is 2. The zero-order chi connectivity index (χ0) is 11.2. The molecule has 0 saturated heterocycles. The second-order valence-corrected chi connectivity index (χ2v) is 4.29. The molecule has 1 aliphatic carbocycles. The average molecular weight is 217 g/mol. The number of benzene rings is 1. The normalized spacial score (nSPS) is 17.4. The van der Waals surface area contributed by atoms with E-state index >= 15 is 0 Å². The predicted molar refractivity (Wildman–Crippen MR) is 59.1 cm³/mol. The molecule has 82 valence electrons. The first-order chi connectivity index (χ1) is 7.71. The van der Waals surface area contributed by atoms with Crippen LogP contribution in [0, 0.1) is 5.82 Å². The molecule has 3 nitrogen and oxygen atoms in total. The topological polar surface area (TPSA) is 54.7 Å². The van der Waals surface area contributed by atoms with Crippen molar-refractivity contribution >= 4 is 0 Å². The van der Waals surface area contributed by atoms with Crippen LogP contribution < -0.4 is 5.73 Å². The fourth-order valence-corrected chi connectivity index (χ4v) is 1.94. The van der Waals surface area contributed by atoms with Crippen molar-refractivity contribution in [1.29, 1.82) is 0 Å². The Bertz CT molecular complexity index is 529. The van der Waals surface area contributed by atoms with Crippen LogP contribution in [-0.4, -0.2) is 10.2 Å². The van der Waals surface area contributed by atoms with Crippen molar-refractivity contribution in [3.05, 3.63) is 41.8 Å². The number of H-pyrrole nitrogens is 1. The summed E-state index contributed by atoms with van der Waals surface area (Å²) in [6.07, 6.45) is 3.58. The highest BCUT2D eigenvalue weighted by Crippen LogP contribution is 2.45. The Morgan fingerprint density at radius 1 is 1.31 bits per heavy atom. The third-order valence-corrected chi connectivity index (χ3v) is 3.11. The van der Waals surface area contributed by atoms with E-state index in [2.05, 4.69) is 10.2 Å². The Morgan fingerprint density at radius 2 is 2.06 bits per heavy atom. The number of nitrogens with one attached hydrogen (secondary N) is 1. The van der Waals surface area contributed by atoms with Crippen LogP contribution in [0.3, 0.4) is 0 Å². The van der Waals surface area contributed by atoms with E-state index in [0.29, 0.717) is 11.3 Å². The summed E-state index contributed by atoms with van der Waals surface area (Å²) in [5, 5.41) is 6.81. The summed E-state index contributed by atoms with van der Waals surface area (Å²) in [7, 11) is 0. The number of rotatable bonds is 2. The van der Waals surface area contributed by atoms with E-state index in [1.165, 1.54) is 6.07 Å². The molecule has 4 heteroatoms. The molecule has 1 saturated carbocycles. The number of aromatic nitrogens is 2. The number of nitrogens with zero attached hydrogens (tertiary/aromatic N) is 1. The van der Waals surface area contributed by atoms with Crippen molar-refractivity contribution in [2.75, 3.05) is 0 Å². The Kier molecular flexibility index (Phi) is 1.88. The molecule has 3 rings (SSSR count). The molecule has 0 atom stereocenters. The fourth-order valence-electron chi connectivity index (χ4n) is 1.94. The highest BCUT2D eigenvalue weighted by atomic mass is 19.1. The number of hydrogen-bond donors (Lipinski definition) is 2. The summed E-state index contributed by atoms with van der Waals surface area (Å²) >= 11 is 0. The summed E-state index contributed by atoms with van der Waals surface area (Å²) in [5.74, 6) is -0.253. The molecule has 2 aromatic rings. The van der Waals surface area contributed by atoms with Crippen molar-refractivity contribution in [1.82, 2.24) is 10.2 Å². The maximum absolute atomic E-state index is 13.7. The van der Waals surface area contributed by atoms with Crippen LogP contribution in [-0.2, 0) is 5.54 Å². The van der Waals surface area contributed by atoms with Crippen molar-refractivity contribution in [3.63, 3.8) is 0 Å². The quantitative estimate of drug-likeness (QED) is 0.809. The van der Waals surface area contributed by atoms with Gasteiger partial charge in [0.2, 0.25) is 0 Å². The second kappa shape index (κ2) is 3.15. The summed E-state index contributed by atoms with van der Waals surface area (Å²) in [4.78, 5) is 0. The monoisotopic (exact) mass is 217 g/mol. The first-order valence-corrected chi connectivity index (χ1v) is 5.28. The maximum Gasteiger partial charge on any atom is 0.132 e. The first-order valence-electron chi connectivity index (χ1n) is 5.28. The summed E-state index contributed by atoms with van der Waals surface area (Å²) in [6.45, 7) is 0. The Labute approximate surface area is 92.5 Å². The third-order valence-electron chi connectivity index (χ3n) is 3.11. The SMILES string of the molecule is NC1(c2cn[nH]c2-c2ccccc2F)CC1. The van der Waals surface area contributed by atoms with Crippen LogP contribution in [0.15, 0.2) is 30.5 Å². The van der Waals surface area contributed by atoms with Crippen molar-refractivity contribution < 1.29 is 4.39 Å². The van der Waals surface area contributed by atoms with Gasteiger partial charge in [0.05, 0.1) is 11.9 Å². The van der Waals surface area contributed by atoms with Crippen LogP contribution in [0.1, 0.15) is 18.4 Å². The molecule has 0 aliphatic heterocycles. The van der Waals surface area contributed by atoms with E-state index in [1.54, 1.807) is 24.4 Å². The van der Waals surface area contributed by atoms with Crippen LogP contribution >= 0.6 is 0 Å². The Balaban J connectivity index is 2.14. The molecular formula is C12H12FN3. The smallest absolute Gasteiger partial charge is 0.132 e. The van der Waals surface area contributed by atoms with Gasteiger partial charge in [-0.25, -0.2) is 4.39 Å². The lowest BCUT2D eigenvalue weighted by molar-refractivity contribution is 0.629. The molecule has 1 heterocycles. The van der Waals surface area contributed by atoms with Gasteiger partial charge < -0.3 is 5.73 Å². The summed E-state index contributed by atoms with van der Waals surface area (Å²) in [6, 6.07) is 6.65. The molecule has 0 bridgehead atoms. The van der Waals surface area contributed by atoms with Crippen molar-refractivity contribution in [2.24, 2.45) is 5.73 Å². The minimum absolute atomic E-state index is 0.253. The van der Waals surface area contributed by atoms with Gasteiger partial charge in [0, 0.05) is 16.7 Å². The van der Waals surface area contributed by atoms with Gasteiger partial charge in [0.25, 0.3) is 0 Å². The minimum Gasteiger partial charge on any atom is -0.321 e. The highest BCUT2D eigenvalue weighted by Gasteiger charge is 2.43. The second-order valence-electron chi connectivity index (χ2n) is 4.29. The van der Waals surface area contributed by atoms with Crippen LogP contribution in [0.5, 0.6) is 0 Å². The molecule has 16 heavy (non-hydrogen) atoms. The van der Waals surface area contributed by atoms with Crippen LogP contribution in [0.4, 0.5) is 4.39 Å². The van der Waals surface area contributed by atoms with Crippen LogP contribution in [0.2, 0.25) is 0 Å². The largest absolute Gasteiger partial charge is 0.321 e. The number of nitrogens with two attached hydrogens (primary N) is 1. The molecular weight excluding hydrogens is 205 g/mol. The van der Waals surface area contributed by atoms with Gasteiger partial charge in [0.1, 0.15) is 5.82 Å². The first kappa shape index (κ1) is 9.54. The van der Waals surface area contributed by atoms with Crippen molar-refractivity contribution in [3.8, 4) is 11.3 Å². The lowest BCUT2D eigenvalue weighted by atomic mass is 10.0. The zero-order valence-corrected chi connectivity index (χ0v) is 8.70. The van der Waals surface area contributed by atoms with Gasteiger partial charge in [-0.1, -0.05) is 12.1 Å². The van der Waals surface area contributed by atoms with E-state index < -0.39 is 0 Å². The van der Waals surface area contributed by atoms with Gasteiger partial charge in [0.15, 0.2) is 0 Å². The zero-order valence-electron chi connectivity index (χ0n) is 8.70. The minimum atomic E-state index is -0.301. The van der Waals surface area contributed by atoms with Gasteiger partial charge in [-0.05, 0) is 25.0 Å². The van der Waals surface area contributed by atoms with Gasteiger partial charge in [-0.15, -0.1) is 0 Å². The molecule has 0 unspecified atom stereocenters. The average Bonchev–Trinajstić information content (AvgIpc) is 2.84. The van der Waals surface area contributed by atoms with Crippen LogP contribution in [0.25, 0.3) is 11.3 Å². The molecule has 0 spiro atoms. The Morgan fingerprint density at radius 3 is 2.75 bits per heavy atom. The number of halogens is 1. The maximum atomic E-state index is 13.7. The lowest BCUT2D eigenvalue weighted by Crippen LogP contribution is -2.18. The van der Waals surface area contributed by atoms with Gasteiger partial charge in [-0.2, -0.15) is 5.10 Å². The molecule has 3 N–H and O–H groups in total. The number of aromatic amines is 1. The molecule has 1 aromatic heterocycles. The lowest BCUT2D eigenvalue weighted by Gasteiger charge is -2.09. The fraction of sp³-hybridized carbons (Fsp3) is 0.250. The van der Waals surface area contributed by atoms with Gasteiger partial charge in [-0.3, -0.25) is 5.10 Å². The van der Waals surface area contributed by atoms with E-state index in [4.69, 9.17) is 5.73 Å². The molecule has 0 radical (unpaired) electrons. The standard InChI is InChI=1S/C12H12FN3/c13-10-4-2-1-3-8(10)11-9(7-15-16-11)12(14)5-6-12/h1-4,7H,5-6,14H2,(H,15,16). The third kappa shape index (κ3) is 1.34.